The third-order valence-electron chi connectivity index (χ3n) is 5.43. The van der Waals surface area contributed by atoms with Gasteiger partial charge in [-0.3, -0.25) is 9.59 Å². The van der Waals surface area contributed by atoms with E-state index < -0.39 is 11.7 Å². The fraction of sp³-hybridized carbons (Fsp3) is 0.280. The SMILES string of the molecule is CCOc1ccccc1NC(=O)c1c(NC(=O)c2ccccc2F)sc2c1CCCCC2. The van der Waals surface area contributed by atoms with E-state index >= 15 is 0 Å². The van der Waals surface area contributed by atoms with Crippen LogP contribution in [0, 0.1) is 5.82 Å². The van der Waals surface area contributed by atoms with Crippen molar-refractivity contribution in [3.05, 3.63) is 75.9 Å². The average Bonchev–Trinajstić information content (AvgIpc) is 2.95. The van der Waals surface area contributed by atoms with Crippen LogP contribution in [0.1, 0.15) is 57.3 Å². The number of hydrogen-bond donors (Lipinski definition) is 2. The molecule has 1 aliphatic rings. The van der Waals surface area contributed by atoms with Crippen LogP contribution in [-0.4, -0.2) is 18.4 Å². The van der Waals surface area contributed by atoms with E-state index in [1.807, 2.05) is 19.1 Å². The fourth-order valence-electron chi connectivity index (χ4n) is 3.92. The molecule has 2 N–H and O–H groups in total. The molecule has 7 heteroatoms. The normalized spacial score (nSPS) is 13.1. The van der Waals surface area contributed by atoms with Gasteiger partial charge in [-0.25, -0.2) is 4.39 Å². The molecule has 1 aliphatic carbocycles. The van der Waals surface area contributed by atoms with Gasteiger partial charge in [0.25, 0.3) is 11.8 Å². The van der Waals surface area contributed by atoms with Crippen molar-refractivity contribution in [2.24, 2.45) is 0 Å². The van der Waals surface area contributed by atoms with Crippen LogP contribution in [0.15, 0.2) is 48.5 Å². The Balaban J connectivity index is 1.69. The van der Waals surface area contributed by atoms with E-state index in [1.54, 1.807) is 18.2 Å². The molecule has 1 aromatic heterocycles. The zero-order chi connectivity index (χ0) is 22.5. The van der Waals surface area contributed by atoms with E-state index in [-0.39, 0.29) is 11.5 Å². The molecule has 3 aromatic rings. The van der Waals surface area contributed by atoms with Gasteiger partial charge in [-0.2, -0.15) is 0 Å². The van der Waals surface area contributed by atoms with Crippen molar-refractivity contribution in [3.63, 3.8) is 0 Å². The molecule has 0 aliphatic heterocycles. The molecule has 4 rings (SSSR count). The van der Waals surface area contributed by atoms with Gasteiger partial charge in [0.15, 0.2) is 0 Å². The first-order valence-electron chi connectivity index (χ1n) is 10.8. The van der Waals surface area contributed by atoms with Gasteiger partial charge in [-0.15, -0.1) is 11.3 Å². The minimum Gasteiger partial charge on any atom is -0.492 e. The molecule has 0 unspecified atom stereocenters. The lowest BCUT2D eigenvalue weighted by molar-refractivity contribution is 0.102. The van der Waals surface area contributed by atoms with Gasteiger partial charge in [0.2, 0.25) is 0 Å². The Labute approximate surface area is 190 Å². The van der Waals surface area contributed by atoms with Crippen LogP contribution in [0.5, 0.6) is 5.75 Å². The molecule has 0 spiro atoms. The van der Waals surface area contributed by atoms with Gasteiger partial charge >= 0.3 is 0 Å². The average molecular weight is 453 g/mol. The Hall–Kier alpha value is -3.19. The summed E-state index contributed by atoms with van der Waals surface area (Å²) in [5.41, 5.74) is 1.95. The zero-order valence-corrected chi connectivity index (χ0v) is 18.7. The minimum atomic E-state index is -0.597. The summed E-state index contributed by atoms with van der Waals surface area (Å²) in [5, 5.41) is 6.20. The highest BCUT2D eigenvalue weighted by molar-refractivity contribution is 7.17. The number of nitrogens with one attached hydrogen (secondary N) is 2. The van der Waals surface area contributed by atoms with Crippen LogP contribution in [-0.2, 0) is 12.8 Å². The number of fused-ring (bicyclic) bond motifs is 1. The predicted octanol–water partition coefficient (Wildman–Crippen LogP) is 6.06. The summed E-state index contributed by atoms with van der Waals surface area (Å²) in [4.78, 5) is 27.3. The van der Waals surface area contributed by atoms with Crippen molar-refractivity contribution in [2.75, 3.05) is 17.2 Å². The Kier molecular flexibility index (Phi) is 6.85. The number of thiophene rings is 1. The van der Waals surface area contributed by atoms with Crippen LogP contribution >= 0.6 is 11.3 Å². The van der Waals surface area contributed by atoms with E-state index in [4.69, 9.17) is 4.74 Å². The van der Waals surface area contributed by atoms with Crippen LogP contribution in [0.25, 0.3) is 0 Å². The van der Waals surface area contributed by atoms with E-state index in [0.29, 0.717) is 28.6 Å². The molecule has 2 amide bonds. The molecule has 0 saturated heterocycles. The first-order chi connectivity index (χ1) is 15.6. The standard InChI is InChI=1S/C25H25FN2O3S/c1-2-31-20-14-9-8-13-19(20)27-24(30)22-17-11-4-3-5-15-21(17)32-25(22)28-23(29)16-10-6-7-12-18(16)26/h6-10,12-14H,2-5,11,15H2,1H3,(H,27,30)(H,28,29). The molecule has 2 aromatic carbocycles. The Bertz CT molecular complexity index is 1140. The summed E-state index contributed by atoms with van der Waals surface area (Å²) >= 11 is 1.41. The van der Waals surface area contributed by atoms with Crippen molar-refractivity contribution >= 4 is 33.8 Å². The number of benzene rings is 2. The topological polar surface area (TPSA) is 67.4 Å². The molecule has 166 valence electrons. The van der Waals surface area contributed by atoms with Gasteiger partial charge in [-0.05, 0) is 62.4 Å². The van der Waals surface area contributed by atoms with Gasteiger partial charge in [0.05, 0.1) is 23.4 Å². The predicted molar refractivity (Wildman–Crippen MR) is 125 cm³/mol. The highest BCUT2D eigenvalue weighted by Crippen LogP contribution is 2.38. The van der Waals surface area contributed by atoms with Gasteiger partial charge < -0.3 is 15.4 Å². The lowest BCUT2D eigenvalue weighted by Crippen LogP contribution is -2.19. The first-order valence-corrected chi connectivity index (χ1v) is 11.6. The van der Waals surface area contributed by atoms with Crippen molar-refractivity contribution in [2.45, 2.75) is 39.0 Å². The highest BCUT2D eigenvalue weighted by atomic mass is 32.1. The monoisotopic (exact) mass is 452 g/mol. The van der Waals surface area contributed by atoms with Crippen molar-refractivity contribution in [3.8, 4) is 5.75 Å². The molecule has 1 heterocycles. The number of anilines is 2. The lowest BCUT2D eigenvalue weighted by atomic mass is 10.0. The quantitative estimate of drug-likeness (QED) is 0.447. The second-order valence-electron chi connectivity index (χ2n) is 7.59. The smallest absolute Gasteiger partial charge is 0.259 e. The third-order valence-corrected chi connectivity index (χ3v) is 6.64. The number of aryl methyl sites for hydroxylation is 1. The number of para-hydroxylation sites is 2. The van der Waals surface area contributed by atoms with Crippen LogP contribution in [0.2, 0.25) is 0 Å². The second kappa shape index (κ2) is 9.96. The Morgan fingerprint density at radius 2 is 1.72 bits per heavy atom. The number of halogens is 1. The molecule has 0 saturated carbocycles. The Morgan fingerprint density at radius 1 is 0.969 bits per heavy atom. The molecular weight excluding hydrogens is 427 g/mol. The summed E-state index contributed by atoms with van der Waals surface area (Å²) in [6.07, 6.45) is 4.78. The van der Waals surface area contributed by atoms with Crippen LogP contribution < -0.4 is 15.4 Å². The summed E-state index contributed by atoms with van der Waals surface area (Å²) in [5.74, 6) is -0.884. The third kappa shape index (κ3) is 4.67. The first kappa shape index (κ1) is 22.0. The van der Waals surface area contributed by atoms with Crippen LogP contribution in [0.3, 0.4) is 0 Å². The maximum Gasteiger partial charge on any atom is 0.259 e. The van der Waals surface area contributed by atoms with E-state index in [9.17, 15) is 14.0 Å². The van der Waals surface area contributed by atoms with E-state index in [1.165, 1.54) is 29.5 Å². The number of carbonyl (C=O) groups excluding carboxylic acids is 2. The summed E-state index contributed by atoms with van der Waals surface area (Å²) in [6, 6.07) is 13.1. The number of rotatable bonds is 6. The fourth-order valence-corrected chi connectivity index (χ4v) is 5.20. The number of amides is 2. The summed E-state index contributed by atoms with van der Waals surface area (Å²) in [6.45, 7) is 2.36. The van der Waals surface area contributed by atoms with Gasteiger partial charge in [0, 0.05) is 4.88 Å². The lowest BCUT2D eigenvalue weighted by Gasteiger charge is -2.13. The molecule has 0 fully saturated rings. The number of hydrogen-bond acceptors (Lipinski definition) is 4. The molecular formula is C25H25FN2O3S. The summed E-state index contributed by atoms with van der Waals surface area (Å²) in [7, 11) is 0. The summed E-state index contributed by atoms with van der Waals surface area (Å²) < 4.78 is 19.8. The van der Waals surface area contributed by atoms with Crippen molar-refractivity contribution in [1.29, 1.82) is 0 Å². The number of carbonyl (C=O) groups is 2. The zero-order valence-electron chi connectivity index (χ0n) is 17.9. The molecule has 0 bridgehead atoms. The van der Waals surface area contributed by atoms with Crippen molar-refractivity contribution < 1.29 is 18.7 Å². The molecule has 0 atom stereocenters. The van der Waals surface area contributed by atoms with Crippen molar-refractivity contribution in [1.82, 2.24) is 0 Å². The Morgan fingerprint density at radius 3 is 2.53 bits per heavy atom. The van der Waals surface area contributed by atoms with E-state index in [2.05, 4.69) is 10.6 Å². The van der Waals surface area contributed by atoms with E-state index in [0.717, 1.165) is 42.5 Å². The van der Waals surface area contributed by atoms with Gasteiger partial charge in [0.1, 0.15) is 16.6 Å². The molecule has 32 heavy (non-hydrogen) atoms. The maximum absolute atomic E-state index is 14.1. The van der Waals surface area contributed by atoms with Crippen LogP contribution in [0.4, 0.5) is 15.1 Å². The molecule has 5 nitrogen and oxygen atoms in total. The minimum absolute atomic E-state index is 0.0517. The number of ether oxygens (including phenoxy) is 1. The second-order valence-corrected chi connectivity index (χ2v) is 8.69. The maximum atomic E-state index is 14.1. The molecule has 0 radical (unpaired) electrons. The largest absolute Gasteiger partial charge is 0.492 e. The van der Waals surface area contributed by atoms with Gasteiger partial charge in [-0.1, -0.05) is 30.7 Å². The highest BCUT2D eigenvalue weighted by Gasteiger charge is 2.27.